The fraction of sp³-hybridized carbons (Fsp3) is 0.143. The van der Waals surface area contributed by atoms with Gasteiger partial charge in [-0.05, 0) is 18.2 Å². The number of benzene rings is 1. The molecule has 0 atom stereocenters. The van der Waals surface area contributed by atoms with Crippen LogP contribution in [0.5, 0.6) is 0 Å². The third kappa shape index (κ3) is 4.14. The maximum absolute atomic E-state index is 14.7. The maximum atomic E-state index is 14.7. The zero-order chi connectivity index (χ0) is 22.0. The number of fused-ring (bicyclic) bond motifs is 1. The predicted octanol–water partition coefficient (Wildman–Crippen LogP) is 2.83. The number of carbonyl (C=O) groups excluding carboxylic acids is 1. The molecule has 0 bridgehead atoms. The molecule has 9 nitrogen and oxygen atoms in total. The van der Waals surface area contributed by atoms with Crippen molar-refractivity contribution in [1.29, 1.82) is 0 Å². The van der Waals surface area contributed by atoms with Crippen molar-refractivity contribution in [2.24, 2.45) is 7.05 Å². The Hall–Kier alpha value is -4.05. The highest BCUT2D eigenvalue weighted by atomic mass is 19.1. The topological polar surface area (TPSA) is 110 Å². The van der Waals surface area contributed by atoms with Crippen LogP contribution in [0.4, 0.5) is 21.7 Å². The van der Waals surface area contributed by atoms with Gasteiger partial charge in [-0.25, -0.2) is 14.4 Å². The van der Waals surface area contributed by atoms with Crippen LogP contribution in [-0.2, 0) is 18.4 Å². The fourth-order valence-corrected chi connectivity index (χ4v) is 3.24. The van der Waals surface area contributed by atoms with E-state index in [4.69, 9.17) is 5.11 Å². The minimum atomic E-state index is -0.557. The first-order chi connectivity index (χ1) is 15.0. The van der Waals surface area contributed by atoms with Gasteiger partial charge in [0, 0.05) is 36.1 Å². The average molecular weight is 421 g/mol. The second kappa shape index (κ2) is 8.36. The number of rotatable bonds is 7. The van der Waals surface area contributed by atoms with Gasteiger partial charge in [0.1, 0.15) is 5.69 Å². The first-order valence-corrected chi connectivity index (χ1v) is 9.44. The molecule has 4 rings (SSSR count). The van der Waals surface area contributed by atoms with Gasteiger partial charge in [0.05, 0.1) is 36.7 Å². The number of aliphatic hydroxyl groups excluding tert-OH is 1. The van der Waals surface area contributed by atoms with Crippen LogP contribution >= 0.6 is 0 Å². The van der Waals surface area contributed by atoms with E-state index < -0.39 is 5.82 Å². The van der Waals surface area contributed by atoms with Crippen molar-refractivity contribution in [3.05, 3.63) is 61.5 Å². The number of aromatic nitrogens is 5. The third-order valence-electron chi connectivity index (χ3n) is 4.66. The zero-order valence-electron chi connectivity index (χ0n) is 16.7. The van der Waals surface area contributed by atoms with E-state index in [1.807, 2.05) is 11.6 Å². The monoisotopic (exact) mass is 421 g/mol. The van der Waals surface area contributed by atoms with Crippen molar-refractivity contribution >= 4 is 34.1 Å². The molecule has 158 valence electrons. The summed E-state index contributed by atoms with van der Waals surface area (Å²) in [5.41, 5.74) is 2.77. The Morgan fingerprint density at radius 1 is 1.29 bits per heavy atom. The Morgan fingerprint density at radius 3 is 2.90 bits per heavy atom. The molecule has 0 aliphatic carbocycles. The van der Waals surface area contributed by atoms with Gasteiger partial charge in [-0.3, -0.25) is 9.48 Å². The standard InChI is InChI=1S/C21H20FN7O2/c1-3-19(31)25-13-4-5-15-16(12-28(2)18(15)8-13)20-17(22)10-23-21(27-20)26-14-9-24-29(11-14)6-7-30/h3-5,8-12,30H,1,6-7H2,2H3,(H,25,31)(H,23,26,27). The lowest BCUT2D eigenvalue weighted by Crippen LogP contribution is -2.07. The summed E-state index contributed by atoms with van der Waals surface area (Å²) in [4.78, 5) is 19.9. The van der Waals surface area contributed by atoms with Crippen molar-refractivity contribution < 1.29 is 14.3 Å². The molecule has 3 heterocycles. The molecule has 0 aliphatic rings. The van der Waals surface area contributed by atoms with Crippen molar-refractivity contribution in [2.75, 3.05) is 17.2 Å². The predicted molar refractivity (Wildman–Crippen MR) is 115 cm³/mol. The van der Waals surface area contributed by atoms with E-state index in [-0.39, 0.29) is 24.2 Å². The molecule has 4 aromatic rings. The van der Waals surface area contributed by atoms with E-state index >= 15 is 0 Å². The summed E-state index contributed by atoms with van der Waals surface area (Å²) in [6.45, 7) is 3.78. The average Bonchev–Trinajstić information content (AvgIpc) is 3.33. The number of halogens is 1. The lowest BCUT2D eigenvalue weighted by molar-refractivity contribution is -0.111. The van der Waals surface area contributed by atoms with Crippen LogP contribution in [0.15, 0.2) is 55.6 Å². The highest BCUT2D eigenvalue weighted by Crippen LogP contribution is 2.32. The van der Waals surface area contributed by atoms with E-state index in [0.29, 0.717) is 23.5 Å². The molecular formula is C21H20FN7O2. The van der Waals surface area contributed by atoms with Crippen LogP contribution in [0.2, 0.25) is 0 Å². The highest BCUT2D eigenvalue weighted by molar-refractivity contribution is 6.02. The number of carbonyl (C=O) groups is 1. The van der Waals surface area contributed by atoms with Crippen molar-refractivity contribution in [3.63, 3.8) is 0 Å². The Balaban J connectivity index is 1.69. The van der Waals surface area contributed by atoms with E-state index in [0.717, 1.165) is 17.1 Å². The lowest BCUT2D eigenvalue weighted by Gasteiger charge is -2.06. The molecular weight excluding hydrogens is 401 g/mol. The van der Waals surface area contributed by atoms with Gasteiger partial charge < -0.3 is 20.3 Å². The van der Waals surface area contributed by atoms with Crippen LogP contribution in [0.3, 0.4) is 0 Å². The van der Waals surface area contributed by atoms with Crippen molar-refractivity contribution in [1.82, 2.24) is 24.3 Å². The number of nitrogens with one attached hydrogen (secondary N) is 2. The molecule has 0 saturated carbocycles. The molecule has 0 aliphatic heterocycles. The third-order valence-corrected chi connectivity index (χ3v) is 4.66. The minimum absolute atomic E-state index is 0.0294. The first-order valence-electron chi connectivity index (χ1n) is 9.44. The van der Waals surface area contributed by atoms with Crippen LogP contribution in [0, 0.1) is 5.82 Å². The first kappa shape index (κ1) is 20.2. The van der Waals surface area contributed by atoms with Crippen LogP contribution in [-0.4, -0.2) is 41.9 Å². The van der Waals surface area contributed by atoms with Crippen LogP contribution in [0.25, 0.3) is 22.2 Å². The number of nitrogens with zero attached hydrogens (tertiary/aromatic N) is 5. The molecule has 0 saturated heterocycles. The summed E-state index contributed by atoms with van der Waals surface area (Å²) in [5.74, 6) is -0.654. The second-order valence-corrected chi connectivity index (χ2v) is 6.81. The summed E-state index contributed by atoms with van der Waals surface area (Å²) in [6, 6.07) is 5.34. The van der Waals surface area contributed by atoms with Gasteiger partial charge in [-0.1, -0.05) is 12.6 Å². The van der Waals surface area contributed by atoms with Gasteiger partial charge >= 0.3 is 0 Å². The number of hydrogen-bond acceptors (Lipinski definition) is 6. The van der Waals surface area contributed by atoms with Gasteiger partial charge in [-0.2, -0.15) is 5.10 Å². The Morgan fingerprint density at radius 2 is 2.13 bits per heavy atom. The molecule has 3 aromatic heterocycles. The molecule has 0 spiro atoms. The number of hydrogen-bond donors (Lipinski definition) is 3. The van der Waals surface area contributed by atoms with Crippen molar-refractivity contribution in [3.8, 4) is 11.3 Å². The molecule has 0 fully saturated rings. The fourth-order valence-electron chi connectivity index (χ4n) is 3.24. The van der Waals surface area contributed by atoms with Gasteiger partial charge in [-0.15, -0.1) is 0 Å². The minimum Gasteiger partial charge on any atom is -0.394 e. The maximum Gasteiger partial charge on any atom is 0.247 e. The lowest BCUT2D eigenvalue weighted by atomic mass is 10.1. The second-order valence-electron chi connectivity index (χ2n) is 6.81. The van der Waals surface area contributed by atoms with E-state index in [2.05, 4.69) is 32.3 Å². The Labute approximate surface area is 176 Å². The Bertz CT molecular complexity index is 1280. The summed E-state index contributed by atoms with van der Waals surface area (Å²) >= 11 is 0. The van der Waals surface area contributed by atoms with E-state index in [1.165, 1.54) is 6.08 Å². The summed E-state index contributed by atoms with van der Waals surface area (Å²) in [5, 5.41) is 19.6. The Kier molecular flexibility index (Phi) is 5.46. The smallest absolute Gasteiger partial charge is 0.247 e. The molecule has 10 heteroatoms. The highest BCUT2D eigenvalue weighted by Gasteiger charge is 2.16. The molecule has 31 heavy (non-hydrogen) atoms. The number of aryl methyl sites for hydroxylation is 1. The van der Waals surface area contributed by atoms with Gasteiger partial charge in [0.25, 0.3) is 0 Å². The normalized spacial score (nSPS) is 10.9. The molecule has 0 radical (unpaired) electrons. The van der Waals surface area contributed by atoms with E-state index in [1.54, 1.807) is 41.5 Å². The number of anilines is 3. The van der Waals surface area contributed by atoms with Gasteiger partial charge in [0.15, 0.2) is 5.82 Å². The number of aliphatic hydroxyl groups is 1. The van der Waals surface area contributed by atoms with Crippen LogP contribution < -0.4 is 10.6 Å². The zero-order valence-corrected chi connectivity index (χ0v) is 16.7. The largest absolute Gasteiger partial charge is 0.394 e. The quantitative estimate of drug-likeness (QED) is 0.396. The number of amides is 1. The van der Waals surface area contributed by atoms with Crippen LogP contribution in [0.1, 0.15) is 0 Å². The molecule has 1 amide bonds. The summed E-state index contributed by atoms with van der Waals surface area (Å²) in [6.07, 6.45) is 7.34. The molecule has 3 N–H and O–H groups in total. The summed E-state index contributed by atoms with van der Waals surface area (Å²) in [7, 11) is 1.83. The summed E-state index contributed by atoms with van der Waals surface area (Å²) < 4.78 is 18.1. The van der Waals surface area contributed by atoms with E-state index in [9.17, 15) is 9.18 Å². The molecule has 1 aromatic carbocycles. The molecule has 0 unspecified atom stereocenters. The SMILES string of the molecule is C=CC(=O)Nc1ccc2c(-c3nc(Nc4cnn(CCO)c4)ncc3F)cn(C)c2c1. The van der Waals surface area contributed by atoms with Crippen molar-refractivity contribution in [2.45, 2.75) is 6.54 Å². The van der Waals surface area contributed by atoms with Gasteiger partial charge in [0.2, 0.25) is 11.9 Å².